The van der Waals surface area contributed by atoms with Crippen molar-refractivity contribution in [1.29, 1.82) is 0 Å². The lowest BCUT2D eigenvalue weighted by Crippen LogP contribution is -2.34. The normalized spacial score (nSPS) is 32.7. The molecule has 6 unspecified atom stereocenters. The number of hydrogen-bond donors (Lipinski definition) is 0. The zero-order valence-corrected chi connectivity index (χ0v) is 20.4. The number of hydrogen-bond acceptors (Lipinski definition) is 2. The van der Waals surface area contributed by atoms with Crippen LogP contribution in [0, 0.1) is 35.5 Å². The molecule has 0 saturated heterocycles. The summed E-state index contributed by atoms with van der Waals surface area (Å²) in [6.07, 6.45) is 8.60. The number of ether oxygens (including phenoxy) is 2. The summed E-state index contributed by atoms with van der Waals surface area (Å²) in [5.41, 5.74) is 2.57. The van der Waals surface area contributed by atoms with Gasteiger partial charge in [-0.25, -0.2) is 0 Å². The van der Waals surface area contributed by atoms with Crippen molar-refractivity contribution in [1.82, 2.24) is 0 Å². The first-order valence-corrected chi connectivity index (χ1v) is 12.6. The summed E-state index contributed by atoms with van der Waals surface area (Å²) in [5.74, 6) is 4.42. The Morgan fingerprint density at radius 2 is 1.03 bits per heavy atom. The van der Waals surface area contributed by atoms with Crippen LogP contribution in [0.15, 0.2) is 24.3 Å². The van der Waals surface area contributed by atoms with Gasteiger partial charge in [-0.15, -0.1) is 0 Å². The highest BCUT2D eigenvalue weighted by molar-refractivity contribution is 5.21. The molecular weight excluding hydrogens is 368 g/mol. The largest absolute Gasteiger partial charge is 0.373 e. The number of rotatable bonds is 8. The van der Waals surface area contributed by atoms with E-state index in [1.165, 1.54) is 49.7 Å². The first-order chi connectivity index (χ1) is 14.3. The van der Waals surface area contributed by atoms with Gasteiger partial charge in [-0.1, -0.05) is 78.6 Å². The van der Waals surface area contributed by atoms with Crippen LogP contribution in [0.4, 0.5) is 0 Å². The van der Waals surface area contributed by atoms with Gasteiger partial charge >= 0.3 is 0 Å². The molecule has 0 radical (unpaired) electrons. The molecule has 2 fully saturated rings. The fourth-order valence-corrected chi connectivity index (χ4v) is 5.75. The van der Waals surface area contributed by atoms with E-state index in [2.05, 4.69) is 65.8 Å². The quantitative estimate of drug-likeness (QED) is 0.435. The Bertz CT molecular complexity index is 565. The molecule has 2 saturated carbocycles. The molecule has 0 N–H and O–H groups in total. The summed E-state index contributed by atoms with van der Waals surface area (Å²) in [6, 6.07) is 8.94. The Labute approximate surface area is 186 Å². The van der Waals surface area contributed by atoms with Crippen molar-refractivity contribution in [3.63, 3.8) is 0 Å². The molecule has 30 heavy (non-hydrogen) atoms. The SMILES string of the molecule is CC1CCC(C(C)C)C(OCc2ccc(COC3CC(C)CCC3C(C)C)cc2)C1. The van der Waals surface area contributed by atoms with Crippen LogP contribution in [0.25, 0.3) is 0 Å². The van der Waals surface area contributed by atoms with Crippen LogP contribution in [-0.4, -0.2) is 12.2 Å². The van der Waals surface area contributed by atoms with Crippen molar-refractivity contribution in [2.24, 2.45) is 35.5 Å². The summed E-state index contributed by atoms with van der Waals surface area (Å²) >= 11 is 0. The van der Waals surface area contributed by atoms with Crippen molar-refractivity contribution < 1.29 is 9.47 Å². The molecule has 2 aliphatic carbocycles. The Balaban J connectivity index is 1.49. The lowest BCUT2D eigenvalue weighted by Gasteiger charge is -2.37. The minimum absolute atomic E-state index is 0.415. The molecule has 0 heterocycles. The van der Waals surface area contributed by atoms with E-state index in [1.54, 1.807) is 0 Å². The van der Waals surface area contributed by atoms with Gasteiger partial charge in [0.1, 0.15) is 0 Å². The molecule has 0 aliphatic heterocycles. The molecule has 2 aliphatic rings. The van der Waals surface area contributed by atoms with Gasteiger partial charge in [0.25, 0.3) is 0 Å². The maximum absolute atomic E-state index is 6.43. The van der Waals surface area contributed by atoms with E-state index in [4.69, 9.17) is 9.47 Å². The molecule has 6 atom stereocenters. The second-order valence-electron chi connectivity index (χ2n) is 11.2. The molecule has 0 aromatic heterocycles. The summed E-state index contributed by atoms with van der Waals surface area (Å²) in [4.78, 5) is 0. The monoisotopic (exact) mass is 414 g/mol. The van der Waals surface area contributed by atoms with E-state index in [-0.39, 0.29) is 0 Å². The van der Waals surface area contributed by atoms with E-state index in [0.29, 0.717) is 35.9 Å². The van der Waals surface area contributed by atoms with Crippen LogP contribution in [-0.2, 0) is 22.7 Å². The van der Waals surface area contributed by atoms with Crippen LogP contribution >= 0.6 is 0 Å². The first kappa shape index (κ1) is 23.8. The average molecular weight is 415 g/mol. The fourth-order valence-electron chi connectivity index (χ4n) is 5.75. The highest BCUT2D eigenvalue weighted by Gasteiger charge is 2.32. The van der Waals surface area contributed by atoms with E-state index >= 15 is 0 Å². The molecule has 1 aromatic rings. The summed E-state index contributed by atoms with van der Waals surface area (Å²) in [6.45, 7) is 15.6. The van der Waals surface area contributed by atoms with Gasteiger partial charge in [0.05, 0.1) is 25.4 Å². The third-order valence-electron chi connectivity index (χ3n) is 7.87. The Morgan fingerprint density at radius 1 is 0.667 bits per heavy atom. The van der Waals surface area contributed by atoms with Crippen LogP contribution < -0.4 is 0 Å². The van der Waals surface area contributed by atoms with Gasteiger partial charge in [0.15, 0.2) is 0 Å². The maximum atomic E-state index is 6.43. The molecule has 0 amide bonds. The van der Waals surface area contributed by atoms with Gasteiger partial charge in [-0.2, -0.15) is 0 Å². The summed E-state index contributed by atoms with van der Waals surface area (Å²) < 4.78 is 12.9. The summed E-state index contributed by atoms with van der Waals surface area (Å²) in [5, 5.41) is 0. The Morgan fingerprint density at radius 3 is 1.37 bits per heavy atom. The van der Waals surface area contributed by atoms with Crippen molar-refractivity contribution >= 4 is 0 Å². The standard InChI is InChI=1S/C28H46O2/c1-19(2)25-13-7-21(5)15-27(25)29-17-23-9-11-24(12-10-23)18-30-28-16-22(6)8-14-26(28)20(3)4/h9-12,19-22,25-28H,7-8,13-18H2,1-6H3. The summed E-state index contributed by atoms with van der Waals surface area (Å²) in [7, 11) is 0. The second kappa shape index (κ2) is 11.1. The highest BCUT2D eigenvalue weighted by atomic mass is 16.5. The average Bonchev–Trinajstić information content (AvgIpc) is 2.71. The molecule has 3 rings (SSSR count). The topological polar surface area (TPSA) is 18.5 Å². The molecule has 1 aromatic carbocycles. The Hall–Kier alpha value is -0.860. The lowest BCUT2D eigenvalue weighted by molar-refractivity contribution is -0.0482. The minimum Gasteiger partial charge on any atom is -0.373 e. The van der Waals surface area contributed by atoms with Crippen molar-refractivity contribution in [2.45, 2.75) is 105 Å². The lowest BCUT2D eigenvalue weighted by atomic mass is 9.75. The molecule has 170 valence electrons. The zero-order valence-electron chi connectivity index (χ0n) is 20.4. The van der Waals surface area contributed by atoms with Gasteiger partial charge in [-0.3, -0.25) is 0 Å². The van der Waals surface area contributed by atoms with E-state index in [0.717, 1.165) is 25.0 Å². The molecular formula is C28H46O2. The Kier molecular flexibility index (Phi) is 8.83. The molecule has 0 bridgehead atoms. The molecule has 2 heteroatoms. The fraction of sp³-hybridized carbons (Fsp3) is 0.786. The van der Waals surface area contributed by atoms with E-state index < -0.39 is 0 Å². The van der Waals surface area contributed by atoms with E-state index in [1.807, 2.05) is 0 Å². The van der Waals surface area contributed by atoms with Crippen LogP contribution in [0.5, 0.6) is 0 Å². The number of benzene rings is 1. The molecule has 0 spiro atoms. The molecule has 2 nitrogen and oxygen atoms in total. The van der Waals surface area contributed by atoms with Crippen molar-refractivity contribution in [2.75, 3.05) is 0 Å². The van der Waals surface area contributed by atoms with Crippen LogP contribution in [0.3, 0.4) is 0 Å². The third-order valence-corrected chi connectivity index (χ3v) is 7.87. The van der Waals surface area contributed by atoms with Gasteiger partial charge in [0.2, 0.25) is 0 Å². The smallest absolute Gasteiger partial charge is 0.0720 e. The maximum Gasteiger partial charge on any atom is 0.0720 e. The predicted octanol–water partition coefficient (Wildman–Crippen LogP) is 7.64. The predicted molar refractivity (Wildman–Crippen MR) is 126 cm³/mol. The highest BCUT2D eigenvalue weighted by Crippen LogP contribution is 2.37. The second-order valence-corrected chi connectivity index (χ2v) is 11.2. The third kappa shape index (κ3) is 6.57. The first-order valence-electron chi connectivity index (χ1n) is 12.6. The van der Waals surface area contributed by atoms with E-state index in [9.17, 15) is 0 Å². The van der Waals surface area contributed by atoms with Crippen molar-refractivity contribution in [3.8, 4) is 0 Å². The van der Waals surface area contributed by atoms with Gasteiger partial charge in [0, 0.05) is 0 Å². The van der Waals surface area contributed by atoms with Crippen LogP contribution in [0.1, 0.15) is 91.2 Å². The van der Waals surface area contributed by atoms with Gasteiger partial charge < -0.3 is 9.47 Å². The van der Waals surface area contributed by atoms with Crippen molar-refractivity contribution in [3.05, 3.63) is 35.4 Å². The van der Waals surface area contributed by atoms with Crippen LogP contribution in [0.2, 0.25) is 0 Å². The zero-order chi connectivity index (χ0) is 21.7. The minimum atomic E-state index is 0.415. The van der Waals surface area contributed by atoms with Gasteiger partial charge in [-0.05, 0) is 72.3 Å².